The van der Waals surface area contributed by atoms with Gasteiger partial charge in [-0.25, -0.2) is 8.42 Å². The van der Waals surface area contributed by atoms with Crippen LogP contribution in [0.3, 0.4) is 0 Å². The number of hydrogen-bond donors (Lipinski definition) is 0. The van der Waals surface area contributed by atoms with E-state index < -0.39 is 15.7 Å². The van der Waals surface area contributed by atoms with Crippen LogP contribution >= 0.6 is 0 Å². The fourth-order valence-electron chi connectivity index (χ4n) is 1.85. The molecule has 1 aliphatic heterocycles. The second kappa shape index (κ2) is 4.70. The first-order chi connectivity index (χ1) is 8.81. The highest BCUT2D eigenvalue weighted by molar-refractivity contribution is 7.97. The van der Waals surface area contributed by atoms with Gasteiger partial charge in [0.2, 0.25) is 9.84 Å². The molecule has 0 N–H and O–H groups in total. The average molecular weight is 280 g/mol. The van der Waals surface area contributed by atoms with E-state index >= 15 is 0 Å². The number of hydrogen-bond acceptors (Lipinski definition) is 4. The van der Waals surface area contributed by atoms with Crippen LogP contribution in [0.1, 0.15) is 5.56 Å². The molecule has 1 aromatic rings. The molecule has 1 fully saturated rings. The molecule has 1 aromatic carbocycles. The normalized spacial score (nSPS) is 20.1. The topological polar surface area (TPSA) is 57.7 Å². The van der Waals surface area contributed by atoms with Gasteiger partial charge in [0.15, 0.2) is 0 Å². The monoisotopic (exact) mass is 280 g/mol. The predicted octanol–water partition coefficient (Wildman–Crippen LogP) is 1.12. The third kappa shape index (κ3) is 2.63. The smallest absolute Gasteiger partial charge is 0.272 e. The molecule has 5 nitrogen and oxygen atoms in total. The van der Waals surface area contributed by atoms with Crippen LogP contribution in [0.4, 0.5) is 5.69 Å². The summed E-state index contributed by atoms with van der Waals surface area (Å²) >= 11 is 0. The molecule has 1 heterocycles. The predicted molar refractivity (Wildman–Crippen MR) is 74.2 cm³/mol. The van der Waals surface area contributed by atoms with E-state index in [0.29, 0.717) is 5.69 Å². The zero-order chi connectivity index (χ0) is 14.2. The van der Waals surface area contributed by atoms with Crippen molar-refractivity contribution in [2.75, 3.05) is 24.9 Å². The number of nitrogens with zero attached hydrogens (tertiary/aromatic N) is 2. The molecular formula is C13H16N2O3S. The Morgan fingerprint density at radius 3 is 2.32 bits per heavy atom. The van der Waals surface area contributed by atoms with Gasteiger partial charge in [-0.2, -0.15) is 0 Å². The fourth-order valence-corrected chi connectivity index (χ4v) is 3.34. The number of carbonyl (C=O) groups excluding carboxylic acids is 1. The van der Waals surface area contributed by atoms with E-state index in [1.165, 1.54) is 11.1 Å². The van der Waals surface area contributed by atoms with Gasteiger partial charge in [-0.3, -0.25) is 9.69 Å². The summed E-state index contributed by atoms with van der Waals surface area (Å²) in [4.78, 5) is 14.9. The largest absolute Gasteiger partial charge is 0.382 e. The van der Waals surface area contributed by atoms with Crippen molar-refractivity contribution in [3.63, 3.8) is 0 Å². The first-order valence-corrected chi connectivity index (χ1v) is 7.46. The summed E-state index contributed by atoms with van der Waals surface area (Å²) in [5.41, 5.74) is 1.66. The van der Waals surface area contributed by atoms with Crippen molar-refractivity contribution in [2.24, 2.45) is 0 Å². The van der Waals surface area contributed by atoms with E-state index in [1.54, 1.807) is 31.1 Å². The molecule has 0 atom stereocenters. The van der Waals surface area contributed by atoms with Crippen LogP contribution in [-0.4, -0.2) is 39.2 Å². The van der Waals surface area contributed by atoms with Gasteiger partial charge in [0.1, 0.15) is 10.8 Å². The Morgan fingerprint density at radius 1 is 1.21 bits per heavy atom. The van der Waals surface area contributed by atoms with Crippen molar-refractivity contribution in [2.45, 2.75) is 6.92 Å². The number of carbonyl (C=O) groups is 1. The van der Waals surface area contributed by atoms with E-state index in [2.05, 4.69) is 0 Å². The Bertz CT molecular complexity index is 630. The molecule has 0 unspecified atom stereocenters. The number of amides is 1. The van der Waals surface area contributed by atoms with E-state index in [1.807, 2.05) is 19.1 Å². The third-order valence-electron chi connectivity index (χ3n) is 2.81. The van der Waals surface area contributed by atoms with E-state index in [9.17, 15) is 13.2 Å². The second-order valence-corrected chi connectivity index (χ2v) is 6.70. The van der Waals surface area contributed by atoms with E-state index in [4.69, 9.17) is 0 Å². The van der Waals surface area contributed by atoms with Gasteiger partial charge in [-0.15, -0.1) is 0 Å². The maximum Gasteiger partial charge on any atom is 0.272 e. The Labute approximate surface area is 113 Å². The highest BCUT2D eigenvalue weighted by Gasteiger charge is 2.40. The van der Waals surface area contributed by atoms with Gasteiger partial charge in [0.05, 0.1) is 0 Å². The van der Waals surface area contributed by atoms with Crippen molar-refractivity contribution in [3.05, 3.63) is 40.9 Å². The Kier molecular flexibility index (Phi) is 3.36. The Hall–Kier alpha value is -1.82. The lowest BCUT2D eigenvalue weighted by molar-refractivity contribution is -0.114. The van der Waals surface area contributed by atoms with Crippen LogP contribution in [0.2, 0.25) is 0 Å². The zero-order valence-corrected chi connectivity index (χ0v) is 11.9. The van der Waals surface area contributed by atoms with Crippen molar-refractivity contribution >= 4 is 21.4 Å². The summed E-state index contributed by atoms with van der Waals surface area (Å²) < 4.78 is 24.0. The molecule has 0 spiro atoms. The van der Waals surface area contributed by atoms with Crippen LogP contribution in [0.15, 0.2) is 35.4 Å². The zero-order valence-electron chi connectivity index (χ0n) is 11.1. The lowest BCUT2D eigenvalue weighted by atomic mass is 10.2. The summed E-state index contributed by atoms with van der Waals surface area (Å²) in [5.74, 6) is -0.772. The molecule has 1 saturated heterocycles. The lowest BCUT2D eigenvalue weighted by Gasteiger charge is -2.13. The van der Waals surface area contributed by atoms with Crippen molar-refractivity contribution in [1.82, 2.24) is 4.90 Å². The van der Waals surface area contributed by atoms with Crippen molar-refractivity contribution in [1.29, 1.82) is 0 Å². The second-order valence-electron chi connectivity index (χ2n) is 4.77. The van der Waals surface area contributed by atoms with Gasteiger partial charge in [-0.1, -0.05) is 17.7 Å². The highest BCUT2D eigenvalue weighted by Crippen LogP contribution is 2.27. The number of aryl methyl sites for hydroxylation is 1. The molecule has 0 aromatic heterocycles. The molecule has 0 saturated carbocycles. The van der Waals surface area contributed by atoms with Gasteiger partial charge in [0, 0.05) is 26.0 Å². The minimum Gasteiger partial charge on any atom is -0.382 e. The molecule has 19 heavy (non-hydrogen) atoms. The summed E-state index contributed by atoms with van der Waals surface area (Å²) in [6, 6.07) is 7.20. The molecule has 0 aliphatic carbocycles. The standard InChI is InChI=1S/C13H16N2O3S/c1-10-4-6-11(7-5-10)15-9-19(17,18)12(13(15)16)8-14(2)3/h4-8H,9H2,1-3H3/b12-8+. The quantitative estimate of drug-likeness (QED) is 0.762. The first-order valence-electron chi connectivity index (χ1n) is 5.81. The lowest BCUT2D eigenvalue weighted by Crippen LogP contribution is -2.25. The van der Waals surface area contributed by atoms with E-state index in [0.717, 1.165) is 5.56 Å². The van der Waals surface area contributed by atoms with Crippen LogP contribution in [0.5, 0.6) is 0 Å². The molecule has 0 bridgehead atoms. The number of sulfone groups is 1. The van der Waals surface area contributed by atoms with Gasteiger partial charge >= 0.3 is 0 Å². The van der Waals surface area contributed by atoms with Crippen molar-refractivity contribution in [3.8, 4) is 0 Å². The Balaban J connectivity index is 2.42. The molecule has 1 amide bonds. The molecule has 0 radical (unpaired) electrons. The minimum atomic E-state index is -3.54. The van der Waals surface area contributed by atoms with Gasteiger partial charge in [0.25, 0.3) is 5.91 Å². The Morgan fingerprint density at radius 2 is 1.79 bits per heavy atom. The summed E-state index contributed by atoms with van der Waals surface area (Å²) in [6.07, 6.45) is 1.35. The molecule has 102 valence electrons. The molecular weight excluding hydrogens is 264 g/mol. The SMILES string of the molecule is Cc1ccc(N2CS(=O)(=O)/C(=C/N(C)C)C2=O)cc1. The van der Waals surface area contributed by atoms with Gasteiger partial charge < -0.3 is 4.90 Å². The summed E-state index contributed by atoms with van der Waals surface area (Å²) in [6.45, 7) is 1.93. The fraction of sp³-hybridized carbons (Fsp3) is 0.308. The number of benzene rings is 1. The third-order valence-corrected chi connectivity index (χ3v) is 4.36. The van der Waals surface area contributed by atoms with Crippen LogP contribution < -0.4 is 4.90 Å². The van der Waals surface area contributed by atoms with Gasteiger partial charge in [-0.05, 0) is 19.1 Å². The van der Waals surface area contributed by atoms with Crippen LogP contribution in [0.25, 0.3) is 0 Å². The number of anilines is 1. The van der Waals surface area contributed by atoms with Crippen LogP contribution in [-0.2, 0) is 14.6 Å². The molecule has 6 heteroatoms. The molecule has 2 rings (SSSR count). The summed E-state index contributed by atoms with van der Waals surface area (Å²) in [5, 5.41) is 0. The van der Waals surface area contributed by atoms with Crippen molar-refractivity contribution < 1.29 is 13.2 Å². The minimum absolute atomic E-state index is 0.155. The van der Waals surface area contributed by atoms with E-state index in [-0.39, 0.29) is 10.8 Å². The average Bonchev–Trinajstić information content (AvgIpc) is 2.53. The maximum atomic E-state index is 12.2. The highest BCUT2D eigenvalue weighted by atomic mass is 32.2. The number of rotatable bonds is 2. The van der Waals surface area contributed by atoms with Crippen LogP contribution in [0, 0.1) is 6.92 Å². The molecule has 1 aliphatic rings. The maximum absolute atomic E-state index is 12.2. The first kappa shape index (κ1) is 13.6. The summed E-state index contributed by atoms with van der Waals surface area (Å²) in [7, 11) is -0.173.